The molecule has 112 valence electrons. The van der Waals surface area contributed by atoms with E-state index in [0.717, 1.165) is 25.2 Å². The van der Waals surface area contributed by atoms with Crippen molar-refractivity contribution in [2.75, 3.05) is 18.8 Å². The first-order valence-corrected chi connectivity index (χ1v) is 8.04. The lowest BCUT2D eigenvalue weighted by atomic mass is 10.1. The lowest BCUT2D eigenvalue weighted by Gasteiger charge is -2.17. The Morgan fingerprint density at radius 1 is 1.29 bits per heavy atom. The summed E-state index contributed by atoms with van der Waals surface area (Å²) in [6.45, 7) is 7.42. The smallest absolute Gasteiger partial charge is 0.236 e. The molecule has 1 aromatic carbocycles. The molecule has 0 atom stereocenters. The molecular formula is C15H20N4OS. The molecule has 1 aliphatic rings. The minimum absolute atomic E-state index is 0.0188. The number of rotatable bonds is 6. The molecule has 0 aliphatic carbocycles. The van der Waals surface area contributed by atoms with E-state index >= 15 is 0 Å². The van der Waals surface area contributed by atoms with Gasteiger partial charge in [0.2, 0.25) is 5.91 Å². The van der Waals surface area contributed by atoms with Gasteiger partial charge < -0.3 is 5.32 Å². The highest BCUT2D eigenvalue weighted by Gasteiger charge is 2.15. The van der Waals surface area contributed by atoms with Crippen LogP contribution >= 0.6 is 11.8 Å². The third-order valence-electron chi connectivity index (χ3n) is 3.22. The van der Waals surface area contributed by atoms with Crippen LogP contribution in [0.2, 0.25) is 0 Å². The number of hydrogen-bond donors (Lipinski definition) is 1. The summed E-state index contributed by atoms with van der Waals surface area (Å²) in [5.41, 5.74) is 2.29. The average Bonchev–Trinajstić information content (AvgIpc) is 2.92. The summed E-state index contributed by atoms with van der Waals surface area (Å²) in [5.74, 6) is 0.406. The topological polar surface area (TPSA) is 57.1 Å². The van der Waals surface area contributed by atoms with Crippen LogP contribution in [0.1, 0.15) is 25.0 Å². The molecule has 5 nitrogen and oxygen atoms in total. The third-order valence-corrected chi connectivity index (χ3v) is 4.09. The quantitative estimate of drug-likeness (QED) is 0.646. The normalized spacial score (nSPS) is 17.1. The predicted molar refractivity (Wildman–Crippen MR) is 88.7 cm³/mol. The number of hydrogen-bond acceptors (Lipinski definition) is 5. The molecule has 1 aliphatic heterocycles. The van der Waals surface area contributed by atoms with Gasteiger partial charge in [-0.05, 0) is 24.2 Å². The number of nitrogens with zero attached hydrogens (tertiary/aromatic N) is 3. The van der Waals surface area contributed by atoms with Gasteiger partial charge in [0.1, 0.15) is 0 Å². The van der Waals surface area contributed by atoms with E-state index in [1.807, 2.05) is 12.1 Å². The van der Waals surface area contributed by atoms with Crippen LogP contribution in [0, 0.1) is 0 Å². The second kappa shape index (κ2) is 7.95. The number of carbonyl (C=O) groups is 1. The maximum atomic E-state index is 11.0. The molecule has 1 heterocycles. The Balaban J connectivity index is 1.91. The Morgan fingerprint density at radius 3 is 2.57 bits per heavy atom. The summed E-state index contributed by atoms with van der Waals surface area (Å²) >= 11 is 1.37. The first-order valence-electron chi connectivity index (χ1n) is 7.06. The Bertz CT molecular complexity index is 535. The SMILES string of the molecule is CCN(CC)Cc1ccc(C=NN=C2NC(=O)CS2)cc1. The van der Waals surface area contributed by atoms with E-state index in [9.17, 15) is 4.79 Å². The van der Waals surface area contributed by atoms with Crippen LogP contribution in [0.3, 0.4) is 0 Å². The molecule has 0 aromatic heterocycles. The molecule has 0 unspecified atom stereocenters. The summed E-state index contributed by atoms with van der Waals surface area (Å²) in [4.78, 5) is 13.4. The molecule has 0 saturated carbocycles. The van der Waals surface area contributed by atoms with Gasteiger partial charge in [0.25, 0.3) is 0 Å². The minimum atomic E-state index is -0.0188. The van der Waals surface area contributed by atoms with E-state index in [0.29, 0.717) is 10.9 Å². The number of benzene rings is 1. The third kappa shape index (κ3) is 4.99. The largest absolute Gasteiger partial charge is 0.303 e. The Labute approximate surface area is 129 Å². The molecule has 21 heavy (non-hydrogen) atoms. The number of amidine groups is 1. The highest BCUT2D eigenvalue weighted by molar-refractivity contribution is 8.15. The van der Waals surface area contributed by atoms with Gasteiger partial charge in [-0.25, -0.2) is 0 Å². The fourth-order valence-corrected chi connectivity index (χ4v) is 2.57. The van der Waals surface area contributed by atoms with E-state index in [2.05, 4.69) is 46.4 Å². The highest BCUT2D eigenvalue weighted by Crippen LogP contribution is 2.09. The summed E-state index contributed by atoms with van der Waals surface area (Å²) in [6.07, 6.45) is 1.69. The zero-order valence-corrected chi connectivity index (χ0v) is 13.2. The predicted octanol–water partition coefficient (Wildman–Crippen LogP) is 2.08. The van der Waals surface area contributed by atoms with Crippen LogP contribution in [0.5, 0.6) is 0 Å². The lowest BCUT2D eigenvalue weighted by Crippen LogP contribution is -2.21. The van der Waals surface area contributed by atoms with Crippen molar-refractivity contribution in [2.24, 2.45) is 10.2 Å². The summed E-state index contributed by atoms with van der Waals surface area (Å²) in [5, 5.41) is 11.2. The van der Waals surface area contributed by atoms with Gasteiger partial charge in [-0.2, -0.15) is 5.10 Å². The second-order valence-electron chi connectivity index (χ2n) is 4.69. The average molecular weight is 304 g/mol. The molecular weight excluding hydrogens is 284 g/mol. The van der Waals surface area contributed by atoms with Gasteiger partial charge in [-0.15, -0.1) is 5.10 Å². The van der Waals surface area contributed by atoms with E-state index in [1.54, 1.807) is 6.21 Å². The van der Waals surface area contributed by atoms with Crippen LogP contribution in [0.25, 0.3) is 0 Å². The van der Waals surface area contributed by atoms with Crippen molar-refractivity contribution in [2.45, 2.75) is 20.4 Å². The van der Waals surface area contributed by atoms with Gasteiger partial charge in [0, 0.05) is 6.54 Å². The van der Waals surface area contributed by atoms with Gasteiger partial charge in [-0.1, -0.05) is 49.9 Å². The first kappa shape index (κ1) is 15.7. The van der Waals surface area contributed by atoms with Gasteiger partial charge >= 0.3 is 0 Å². The van der Waals surface area contributed by atoms with Crippen molar-refractivity contribution >= 4 is 29.1 Å². The fourth-order valence-electron chi connectivity index (χ4n) is 1.94. The molecule has 0 spiro atoms. The van der Waals surface area contributed by atoms with Crippen molar-refractivity contribution in [1.82, 2.24) is 10.2 Å². The molecule has 0 radical (unpaired) electrons. The maximum Gasteiger partial charge on any atom is 0.236 e. The van der Waals surface area contributed by atoms with Gasteiger partial charge in [-0.3, -0.25) is 9.69 Å². The fraction of sp³-hybridized carbons (Fsp3) is 0.400. The van der Waals surface area contributed by atoms with Crippen molar-refractivity contribution < 1.29 is 4.79 Å². The van der Waals surface area contributed by atoms with Crippen molar-refractivity contribution in [3.63, 3.8) is 0 Å². The molecule has 0 bridgehead atoms. The molecule has 1 fully saturated rings. The zero-order valence-electron chi connectivity index (χ0n) is 12.4. The summed E-state index contributed by atoms with van der Waals surface area (Å²) < 4.78 is 0. The molecule has 2 rings (SSSR count). The van der Waals surface area contributed by atoms with Gasteiger partial charge in [0.15, 0.2) is 5.17 Å². The molecule has 1 saturated heterocycles. The zero-order chi connectivity index (χ0) is 15.1. The van der Waals surface area contributed by atoms with Crippen LogP contribution in [-0.4, -0.2) is 41.0 Å². The first-order chi connectivity index (χ1) is 10.2. The monoisotopic (exact) mass is 304 g/mol. The number of nitrogens with one attached hydrogen (secondary N) is 1. The molecule has 1 aromatic rings. The van der Waals surface area contributed by atoms with Crippen LogP contribution in [0.4, 0.5) is 0 Å². The summed E-state index contributed by atoms with van der Waals surface area (Å²) in [7, 11) is 0. The van der Waals surface area contributed by atoms with E-state index in [1.165, 1.54) is 17.3 Å². The maximum absolute atomic E-state index is 11.0. The second-order valence-corrected chi connectivity index (χ2v) is 5.65. The van der Waals surface area contributed by atoms with E-state index in [4.69, 9.17) is 0 Å². The van der Waals surface area contributed by atoms with Gasteiger partial charge in [0.05, 0.1) is 12.0 Å². The number of thioether (sulfide) groups is 1. The molecule has 1 N–H and O–H groups in total. The Hall–Kier alpha value is -1.66. The number of carbonyl (C=O) groups excluding carboxylic acids is 1. The molecule has 6 heteroatoms. The Morgan fingerprint density at radius 2 is 2.00 bits per heavy atom. The van der Waals surface area contributed by atoms with Crippen LogP contribution < -0.4 is 5.32 Å². The molecule has 1 amide bonds. The number of amides is 1. The Kier molecular flexibility index (Phi) is 5.95. The standard InChI is InChI=1S/C15H20N4OS/c1-3-19(4-2)10-13-7-5-12(6-8-13)9-16-18-15-17-14(20)11-21-15/h5-9H,3-4,10-11H2,1-2H3,(H,17,18,20). The summed E-state index contributed by atoms with van der Waals surface area (Å²) in [6, 6.07) is 8.28. The van der Waals surface area contributed by atoms with Crippen molar-refractivity contribution in [3.05, 3.63) is 35.4 Å². The van der Waals surface area contributed by atoms with Crippen LogP contribution in [-0.2, 0) is 11.3 Å². The highest BCUT2D eigenvalue weighted by atomic mass is 32.2. The van der Waals surface area contributed by atoms with E-state index in [-0.39, 0.29) is 5.91 Å². The van der Waals surface area contributed by atoms with Crippen molar-refractivity contribution in [1.29, 1.82) is 0 Å². The van der Waals surface area contributed by atoms with Crippen molar-refractivity contribution in [3.8, 4) is 0 Å². The van der Waals surface area contributed by atoms with Crippen LogP contribution in [0.15, 0.2) is 34.5 Å². The van der Waals surface area contributed by atoms with E-state index < -0.39 is 0 Å². The lowest BCUT2D eigenvalue weighted by molar-refractivity contribution is -0.116. The minimum Gasteiger partial charge on any atom is -0.303 e.